The molecule has 7 nitrogen and oxygen atoms in total. The number of nitrogens with zero attached hydrogens (tertiary/aromatic N) is 3. The lowest BCUT2D eigenvalue weighted by molar-refractivity contribution is -0.133. The molecule has 49 heavy (non-hydrogen) atoms. The van der Waals surface area contributed by atoms with Crippen LogP contribution in [0.1, 0.15) is 38.3 Å². The van der Waals surface area contributed by atoms with Crippen molar-refractivity contribution in [2.45, 2.75) is 6.92 Å². The fourth-order valence-corrected chi connectivity index (χ4v) is 5.71. The summed E-state index contributed by atoms with van der Waals surface area (Å²) in [6.07, 6.45) is 10.7. The molecule has 0 saturated carbocycles. The van der Waals surface area contributed by atoms with Crippen LogP contribution in [0.4, 0.5) is 16.4 Å². The lowest BCUT2D eigenvalue weighted by Gasteiger charge is -2.24. The minimum absolute atomic E-state index is 0.324. The standard InChI is InChI=1S/C41H29N3O4S/c1-28-4-25-39(49-28)44(35-21-17-31(18-22-35)7-5-29-9-13-33(14-10-29)26-37(42-2)40(45)46)36-23-19-32(20-24-36)8-6-30-11-15-34(16-12-30)27-38(43-3)41(47)48/h4-27H,1H3,(H,45,46)(H,47,48)/b7-5+,8-6+,37-26-,38-27-. The molecule has 238 valence electrons. The molecule has 1 aromatic heterocycles. The van der Waals surface area contributed by atoms with Crippen molar-refractivity contribution >= 4 is 76.1 Å². The smallest absolute Gasteiger partial charge is 0.333 e. The zero-order valence-corrected chi connectivity index (χ0v) is 27.1. The Morgan fingerprint density at radius 2 is 0.878 bits per heavy atom. The van der Waals surface area contributed by atoms with E-state index in [1.54, 1.807) is 35.6 Å². The first-order valence-electron chi connectivity index (χ1n) is 15.0. The molecule has 2 N–H and O–H groups in total. The van der Waals surface area contributed by atoms with Gasteiger partial charge < -0.3 is 15.1 Å². The van der Waals surface area contributed by atoms with E-state index in [0.717, 1.165) is 38.6 Å². The van der Waals surface area contributed by atoms with Gasteiger partial charge in [0, 0.05) is 16.3 Å². The predicted octanol–water partition coefficient (Wildman–Crippen LogP) is 10.6. The van der Waals surface area contributed by atoms with Gasteiger partial charge in [-0.1, -0.05) is 97.1 Å². The lowest BCUT2D eigenvalue weighted by atomic mass is 10.1. The average Bonchev–Trinajstić information content (AvgIpc) is 3.54. The summed E-state index contributed by atoms with van der Waals surface area (Å²) in [7, 11) is 0. The van der Waals surface area contributed by atoms with E-state index >= 15 is 0 Å². The monoisotopic (exact) mass is 659 g/mol. The maximum Gasteiger partial charge on any atom is 0.333 e. The first-order valence-corrected chi connectivity index (χ1v) is 15.8. The van der Waals surface area contributed by atoms with Gasteiger partial charge in [-0.15, -0.1) is 11.3 Å². The molecular formula is C41H29N3O4S. The molecule has 0 spiro atoms. The molecule has 0 fully saturated rings. The van der Waals surface area contributed by atoms with Gasteiger partial charge in [0.1, 0.15) is 5.00 Å². The highest BCUT2D eigenvalue weighted by molar-refractivity contribution is 7.16. The van der Waals surface area contributed by atoms with Gasteiger partial charge in [0.05, 0.1) is 13.1 Å². The van der Waals surface area contributed by atoms with Crippen LogP contribution in [0.3, 0.4) is 0 Å². The first kappa shape index (κ1) is 33.6. The molecule has 0 saturated heterocycles. The summed E-state index contributed by atoms with van der Waals surface area (Å²) in [4.78, 5) is 31.7. The van der Waals surface area contributed by atoms with Crippen molar-refractivity contribution in [3.63, 3.8) is 0 Å². The highest BCUT2D eigenvalue weighted by Gasteiger charge is 2.14. The number of benzene rings is 4. The van der Waals surface area contributed by atoms with Crippen molar-refractivity contribution in [1.29, 1.82) is 0 Å². The van der Waals surface area contributed by atoms with Gasteiger partial charge in [-0.2, -0.15) is 0 Å². The van der Waals surface area contributed by atoms with E-state index < -0.39 is 11.9 Å². The molecule has 0 aliphatic carbocycles. The molecule has 5 aromatic rings. The molecule has 0 amide bonds. The first-order chi connectivity index (χ1) is 23.7. The second kappa shape index (κ2) is 15.7. The molecule has 0 unspecified atom stereocenters. The molecule has 0 radical (unpaired) electrons. The summed E-state index contributed by atoms with van der Waals surface area (Å²) < 4.78 is 0. The summed E-state index contributed by atoms with van der Waals surface area (Å²) in [6, 6.07) is 35.5. The molecule has 0 aliphatic heterocycles. The van der Waals surface area contributed by atoms with Crippen LogP contribution in [-0.4, -0.2) is 22.2 Å². The number of anilines is 3. The Hall–Kier alpha value is -6.74. The summed E-state index contributed by atoms with van der Waals surface area (Å²) in [5.41, 5.74) is 6.64. The predicted molar refractivity (Wildman–Crippen MR) is 199 cm³/mol. The van der Waals surface area contributed by atoms with Gasteiger partial charge in [0.2, 0.25) is 0 Å². The quantitative estimate of drug-likeness (QED) is 0.0837. The average molecular weight is 660 g/mol. The number of carboxylic acids is 2. The van der Waals surface area contributed by atoms with Gasteiger partial charge in [-0.25, -0.2) is 9.69 Å². The summed E-state index contributed by atoms with van der Waals surface area (Å²) in [6.45, 7) is 16.1. The van der Waals surface area contributed by atoms with E-state index in [2.05, 4.69) is 82.2 Å². The fraction of sp³-hybridized carbons (Fsp3) is 0.0244. The zero-order valence-electron chi connectivity index (χ0n) is 26.3. The van der Waals surface area contributed by atoms with Gasteiger partial charge in [0.15, 0.2) is 0 Å². The Morgan fingerprint density at radius 1 is 0.551 bits per heavy atom. The van der Waals surface area contributed by atoms with Crippen LogP contribution in [0.15, 0.2) is 121 Å². The Kier molecular flexibility index (Phi) is 10.8. The van der Waals surface area contributed by atoms with Crippen LogP contribution in [0, 0.1) is 20.1 Å². The van der Waals surface area contributed by atoms with E-state index in [0.29, 0.717) is 11.1 Å². The third-order valence-corrected chi connectivity index (χ3v) is 8.33. The fourth-order valence-electron chi connectivity index (χ4n) is 4.81. The van der Waals surface area contributed by atoms with Crippen molar-refractivity contribution in [2.24, 2.45) is 0 Å². The number of aliphatic carboxylic acids is 2. The topological polar surface area (TPSA) is 86.6 Å². The Labute approximate surface area is 288 Å². The van der Waals surface area contributed by atoms with Crippen molar-refractivity contribution < 1.29 is 19.8 Å². The number of hydrogen-bond donors (Lipinski definition) is 2. The molecule has 0 atom stereocenters. The van der Waals surface area contributed by atoms with Crippen LogP contribution in [0.25, 0.3) is 46.1 Å². The third kappa shape index (κ3) is 8.96. The van der Waals surface area contributed by atoms with Crippen molar-refractivity contribution in [3.05, 3.63) is 182 Å². The Morgan fingerprint density at radius 3 is 1.16 bits per heavy atom. The molecule has 0 aliphatic rings. The minimum atomic E-state index is -1.24. The number of carboxylic acid groups (broad SMARTS) is 2. The van der Waals surface area contributed by atoms with Crippen LogP contribution in [-0.2, 0) is 9.59 Å². The molecular weight excluding hydrogens is 631 g/mol. The van der Waals surface area contributed by atoms with E-state index in [1.165, 1.54) is 17.0 Å². The number of hydrogen-bond acceptors (Lipinski definition) is 4. The molecule has 1 heterocycles. The second-order valence-electron chi connectivity index (χ2n) is 10.8. The second-order valence-corrected chi connectivity index (χ2v) is 12.1. The maximum atomic E-state index is 11.1. The lowest BCUT2D eigenvalue weighted by Crippen LogP contribution is -2.08. The van der Waals surface area contributed by atoms with Crippen molar-refractivity contribution in [3.8, 4) is 0 Å². The number of carbonyl (C=O) groups is 2. The number of thiophene rings is 1. The van der Waals surface area contributed by atoms with E-state index in [-0.39, 0.29) is 11.4 Å². The largest absolute Gasteiger partial charge is 0.486 e. The summed E-state index contributed by atoms with van der Waals surface area (Å²) >= 11 is 1.72. The summed E-state index contributed by atoms with van der Waals surface area (Å²) in [5, 5.41) is 19.2. The van der Waals surface area contributed by atoms with Gasteiger partial charge in [-0.3, -0.25) is 9.59 Å². The SMILES string of the molecule is [C-]#[N+]/C(=C\c1ccc(/C=C/c2ccc(N(c3ccc(/C=C/c4ccc(/C=C(\[N+]#[C-])C(=O)O)cc4)cc3)c3ccc(C)s3)cc2)cc1)C(=O)O. The maximum absolute atomic E-state index is 11.1. The van der Waals surface area contributed by atoms with Crippen molar-refractivity contribution in [2.75, 3.05) is 4.90 Å². The number of rotatable bonds is 11. The van der Waals surface area contributed by atoms with Crippen LogP contribution < -0.4 is 4.90 Å². The van der Waals surface area contributed by atoms with Crippen LogP contribution in [0.5, 0.6) is 0 Å². The highest BCUT2D eigenvalue weighted by Crippen LogP contribution is 2.39. The molecule has 0 bridgehead atoms. The van der Waals surface area contributed by atoms with Gasteiger partial charge in [-0.05, 0) is 88.9 Å². The van der Waals surface area contributed by atoms with Crippen LogP contribution in [0.2, 0.25) is 0 Å². The van der Waals surface area contributed by atoms with Crippen molar-refractivity contribution in [1.82, 2.24) is 0 Å². The third-order valence-electron chi connectivity index (χ3n) is 7.34. The van der Waals surface area contributed by atoms with Gasteiger partial charge >= 0.3 is 11.9 Å². The molecule has 5 rings (SSSR count). The van der Waals surface area contributed by atoms with Crippen LogP contribution >= 0.6 is 11.3 Å². The molecule has 4 aromatic carbocycles. The zero-order chi connectivity index (χ0) is 34.8. The van der Waals surface area contributed by atoms with Gasteiger partial charge in [0.25, 0.3) is 11.4 Å². The normalized spacial score (nSPS) is 11.7. The Balaban J connectivity index is 1.31. The molecule has 8 heteroatoms. The van der Waals surface area contributed by atoms with E-state index in [1.807, 2.05) is 48.6 Å². The number of aryl methyl sites for hydroxylation is 1. The van der Waals surface area contributed by atoms with E-state index in [4.69, 9.17) is 23.4 Å². The minimum Gasteiger partial charge on any atom is -0.486 e. The summed E-state index contributed by atoms with van der Waals surface area (Å²) in [5.74, 6) is -2.48. The van der Waals surface area contributed by atoms with E-state index in [9.17, 15) is 9.59 Å². The Bertz CT molecular complexity index is 2040. The highest BCUT2D eigenvalue weighted by atomic mass is 32.1.